The number of anilines is 1. The Bertz CT molecular complexity index is 508. The molecule has 0 aromatic heterocycles. The second kappa shape index (κ2) is 6.41. The number of rotatable bonds is 4. The van der Waals surface area contributed by atoms with E-state index in [0.717, 1.165) is 12.8 Å². The number of methoxy groups -OCH3 is 1. The van der Waals surface area contributed by atoms with Gasteiger partial charge >= 0.3 is 0 Å². The van der Waals surface area contributed by atoms with Crippen LogP contribution in [0.5, 0.6) is 5.75 Å². The summed E-state index contributed by atoms with van der Waals surface area (Å²) in [6.45, 7) is 1.42. The van der Waals surface area contributed by atoms with Crippen molar-refractivity contribution in [2.24, 2.45) is 0 Å². The van der Waals surface area contributed by atoms with Crippen LogP contribution in [-0.2, 0) is 4.79 Å². The number of benzene rings is 1. The summed E-state index contributed by atoms with van der Waals surface area (Å²) in [5, 5.41) is 5.69. The van der Waals surface area contributed by atoms with E-state index in [1.165, 1.54) is 26.9 Å². The number of nitrogens with one attached hydrogen (secondary N) is 2. The molecule has 0 spiro atoms. The quantitative estimate of drug-likeness (QED) is 0.887. The zero-order chi connectivity index (χ0) is 14.5. The van der Waals surface area contributed by atoms with Gasteiger partial charge in [-0.25, -0.2) is 0 Å². The summed E-state index contributed by atoms with van der Waals surface area (Å²) >= 11 is 0. The summed E-state index contributed by atoms with van der Waals surface area (Å²) in [5.41, 5.74) is 1.04. The minimum absolute atomic E-state index is 0.105. The van der Waals surface area contributed by atoms with Crippen molar-refractivity contribution in [3.63, 3.8) is 0 Å². The summed E-state index contributed by atoms with van der Waals surface area (Å²) in [6, 6.07) is 5.31. The molecular weight excluding hydrogens is 256 g/mol. The second-order valence-corrected chi connectivity index (χ2v) is 5.05. The van der Waals surface area contributed by atoms with Crippen LogP contribution < -0.4 is 15.4 Å². The largest absolute Gasteiger partial charge is 0.495 e. The third kappa shape index (κ3) is 3.50. The van der Waals surface area contributed by atoms with E-state index in [2.05, 4.69) is 10.6 Å². The van der Waals surface area contributed by atoms with Crippen molar-refractivity contribution in [3.8, 4) is 5.75 Å². The van der Waals surface area contributed by atoms with Crippen molar-refractivity contribution >= 4 is 17.5 Å². The van der Waals surface area contributed by atoms with Gasteiger partial charge in [-0.3, -0.25) is 9.59 Å². The molecule has 0 unspecified atom stereocenters. The Morgan fingerprint density at radius 1 is 1.25 bits per heavy atom. The van der Waals surface area contributed by atoms with E-state index in [1.807, 2.05) is 0 Å². The van der Waals surface area contributed by atoms with Crippen LogP contribution in [0.25, 0.3) is 0 Å². The molecular formula is C15H20N2O3. The van der Waals surface area contributed by atoms with Gasteiger partial charge in [0.2, 0.25) is 5.91 Å². The van der Waals surface area contributed by atoms with E-state index >= 15 is 0 Å². The van der Waals surface area contributed by atoms with E-state index in [9.17, 15) is 9.59 Å². The van der Waals surface area contributed by atoms with Crippen molar-refractivity contribution in [2.75, 3.05) is 12.4 Å². The first-order chi connectivity index (χ1) is 9.60. The Hall–Kier alpha value is -2.04. The molecule has 5 heteroatoms. The van der Waals surface area contributed by atoms with Gasteiger partial charge in [0.05, 0.1) is 12.8 Å². The summed E-state index contributed by atoms with van der Waals surface area (Å²) in [5.74, 6) is 0.237. The number of amides is 2. The van der Waals surface area contributed by atoms with Crippen LogP contribution in [0.4, 0.5) is 5.69 Å². The van der Waals surface area contributed by atoms with Gasteiger partial charge in [0, 0.05) is 18.5 Å². The van der Waals surface area contributed by atoms with Gasteiger partial charge in [-0.2, -0.15) is 0 Å². The lowest BCUT2D eigenvalue weighted by Gasteiger charge is -2.14. The Morgan fingerprint density at radius 2 is 1.95 bits per heavy atom. The van der Waals surface area contributed by atoms with E-state index in [-0.39, 0.29) is 17.9 Å². The normalized spacial score (nSPS) is 14.9. The predicted molar refractivity (Wildman–Crippen MR) is 77.0 cm³/mol. The fourth-order valence-electron chi connectivity index (χ4n) is 2.48. The van der Waals surface area contributed by atoms with E-state index < -0.39 is 0 Å². The van der Waals surface area contributed by atoms with Crippen molar-refractivity contribution in [1.29, 1.82) is 0 Å². The Balaban J connectivity index is 2.14. The lowest BCUT2D eigenvalue weighted by Crippen LogP contribution is -2.32. The first-order valence-corrected chi connectivity index (χ1v) is 6.86. The van der Waals surface area contributed by atoms with E-state index in [0.29, 0.717) is 17.0 Å². The highest BCUT2D eigenvalue weighted by Crippen LogP contribution is 2.26. The Kier molecular flexibility index (Phi) is 4.61. The smallest absolute Gasteiger partial charge is 0.251 e. The van der Waals surface area contributed by atoms with Crippen LogP contribution in [0.15, 0.2) is 18.2 Å². The van der Waals surface area contributed by atoms with Gasteiger partial charge in [0.1, 0.15) is 5.75 Å². The molecule has 2 N–H and O–H groups in total. The fraction of sp³-hybridized carbons (Fsp3) is 0.467. The molecule has 2 amide bonds. The van der Waals surface area contributed by atoms with Crippen LogP contribution in [0.1, 0.15) is 43.0 Å². The van der Waals surface area contributed by atoms with Crippen molar-refractivity contribution < 1.29 is 14.3 Å². The summed E-state index contributed by atoms with van der Waals surface area (Å²) in [7, 11) is 1.53. The molecule has 0 atom stereocenters. The lowest BCUT2D eigenvalue weighted by atomic mass is 10.1. The molecule has 20 heavy (non-hydrogen) atoms. The summed E-state index contributed by atoms with van der Waals surface area (Å²) in [4.78, 5) is 23.3. The lowest BCUT2D eigenvalue weighted by molar-refractivity contribution is -0.114. The maximum atomic E-state index is 12.2. The molecule has 1 aliphatic carbocycles. The molecule has 1 aromatic rings. The van der Waals surface area contributed by atoms with Gasteiger partial charge in [-0.15, -0.1) is 0 Å². The minimum atomic E-state index is -0.198. The number of ether oxygens (including phenoxy) is 1. The van der Waals surface area contributed by atoms with Crippen LogP contribution in [0.3, 0.4) is 0 Å². The molecule has 1 aliphatic rings. The molecule has 1 saturated carbocycles. The molecule has 0 aliphatic heterocycles. The molecule has 0 bridgehead atoms. The van der Waals surface area contributed by atoms with Crippen LogP contribution in [0.2, 0.25) is 0 Å². The minimum Gasteiger partial charge on any atom is -0.495 e. The van der Waals surface area contributed by atoms with Crippen LogP contribution in [0, 0.1) is 0 Å². The third-order valence-corrected chi connectivity index (χ3v) is 3.46. The molecule has 1 aromatic carbocycles. The average molecular weight is 276 g/mol. The summed E-state index contributed by atoms with van der Waals surface area (Å²) < 4.78 is 5.17. The van der Waals surface area contributed by atoms with Crippen molar-refractivity contribution in [2.45, 2.75) is 38.6 Å². The second-order valence-electron chi connectivity index (χ2n) is 5.05. The van der Waals surface area contributed by atoms with E-state index in [4.69, 9.17) is 4.74 Å². The third-order valence-electron chi connectivity index (χ3n) is 3.46. The molecule has 0 heterocycles. The van der Waals surface area contributed by atoms with Gasteiger partial charge in [-0.05, 0) is 31.0 Å². The Morgan fingerprint density at radius 3 is 2.55 bits per heavy atom. The molecule has 0 radical (unpaired) electrons. The van der Waals surface area contributed by atoms with Gasteiger partial charge in [-0.1, -0.05) is 12.8 Å². The zero-order valence-electron chi connectivity index (χ0n) is 11.9. The summed E-state index contributed by atoms with van der Waals surface area (Å²) in [6.07, 6.45) is 4.43. The first-order valence-electron chi connectivity index (χ1n) is 6.86. The van der Waals surface area contributed by atoms with Gasteiger partial charge < -0.3 is 15.4 Å². The highest BCUT2D eigenvalue weighted by Gasteiger charge is 2.18. The average Bonchev–Trinajstić information content (AvgIpc) is 2.90. The monoisotopic (exact) mass is 276 g/mol. The molecule has 108 valence electrons. The first kappa shape index (κ1) is 14.4. The van der Waals surface area contributed by atoms with Crippen molar-refractivity contribution in [3.05, 3.63) is 23.8 Å². The predicted octanol–water partition coefficient (Wildman–Crippen LogP) is 2.33. The maximum Gasteiger partial charge on any atom is 0.251 e. The van der Waals surface area contributed by atoms with Crippen LogP contribution >= 0.6 is 0 Å². The number of carbonyl (C=O) groups excluding carboxylic acids is 2. The molecule has 5 nitrogen and oxygen atoms in total. The number of carbonyl (C=O) groups is 2. The Labute approximate surface area is 118 Å². The van der Waals surface area contributed by atoms with Gasteiger partial charge in [0.15, 0.2) is 0 Å². The molecule has 0 saturated heterocycles. The fourth-order valence-corrected chi connectivity index (χ4v) is 2.48. The van der Waals surface area contributed by atoms with Gasteiger partial charge in [0.25, 0.3) is 5.91 Å². The number of hydrogen-bond donors (Lipinski definition) is 2. The van der Waals surface area contributed by atoms with Crippen molar-refractivity contribution in [1.82, 2.24) is 5.32 Å². The van der Waals surface area contributed by atoms with Crippen LogP contribution in [-0.4, -0.2) is 25.0 Å². The molecule has 2 rings (SSSR count). The zero-order valence-corrected chi connectivity index (χ0v) is 11.9. The van der Waals surface area contributed by atoms with E-state index in [1.54, 1.807) is 18.2 Å². The highest BCUT2D eigenvalue weighted by atomic mass is 16.5. The maximum absolute atomic E-state index is 12.2. The highest BCUT2D eigenvalue weighted by molar-refractivity contribution is 5.98. The standard InChI is InChI=1S/C15H20N2O3/c1-10(18)16-13-9-11(7-8-14(13)20-2)15(19)17-12-5-3-4-6-12/h7-9,12H,3-6H2,1-2H3,(H,16,18)(H,17,19). The number of hydrogen-bond acceptors (Lipinski definition) is 3. The SMILES string of the molecule is COc1ccc(C(=O)NC2CCCC2)cc1NC(C)=O. The topological polar surface area (TPSA) is 67.4 Å². The molecule has 1 fully saturated rings.